The lowest BCUT2D eigenvalue weighted by molar-refractivity contribution is 0.0896. The minimum absolute atomic E-state index is 0.154. The van der Waals surface area contributed by atoms with Crippen LogP contribution >= 0.6 is 0 Å². The zero-order valence-electron chi connectivity index (χ0n) is 9.62. The molecule has 1 aromatic rings. The fourth-order valence-corrected chi connectivity index (χ4v) is 1.88. The molecule has 3 N–H and O–H groups in total. The van der Waals surface area contributed by atoms with Gasteiger partial charge < -0.3 is 15.6 Å². The minimum atomic E-state index is -0.305. The van der Waals surface area contributed by atoms with E-state index in [1.54, 1.807) is 6.92 Å². The highest BCUT2D eigenvalue weighted by Crippen LogP contribution is 2.39. The summed E-state index contributed by atoms with van der Waals surface area (Å²) in [5, 5.41) is 6.58. The van der Waals surface area contributed by atoms with E-state index >= 15 is 0 Å². The van der Waals surface area contributed by atoms with Crippen LogP contribution in [-0.2, 0) is 0 Å². The molecule has 1 atom stereocenters. The molecule has 0 aromatic carbocycles. The normalized spacial score (nSPS) is 19.2. The van der Waals surface area contributed by atoms with E-state index in [0.29, 0.717) is 23.8 Å². The quantitative estimate of drug-likeness (QED) is 0.792. The smallest absolute Gasteiger partial charge is 0.256 e. The maximum atomic E-state index is 12.0. The maximum Gasteiger partial charge on any atom is 0.256 e. The Morgan fingerprint density at radius 3 is 2.88 bits per heavy atom. The molecule has 0 radical (unpaired) electrons. The molecule has 5 heteroatoms. The molecule has 1 unspecified atom stereocenters. The van der Waals surface area contributed by atoms with E-state index in [0.717, 1.165) is 12.8 Å². The Morgan fingerprint density at radius 1 is 1.75 bits per heavy atom. The van der Waals surface area contributed by atoms with Gasteiger partial charge in [0.15, 0.2) is 0 Å². The van der Waals surface area contributed by atoms with Gasteiger partial charge in [-0.3, -0.25) is 4.79 Å². The van der Waals surface area contributed by atoms with Crippen molar-refractivity contribution in [3.63, 3.8) is 0 Å². The Hall–Kier alpha value is -1.36. The van der Waals surface area contributed by atoms with Crippen molar-refractivity contribution in [1.29, 1.82) is 0 Å². The summed E-state index contributed by atoms with van der Waals surface area (Å²) >= 11 is 0. The lowest BCUT2D eigenvalue weighted by atomic mass is 9.95. The molecule has 1 aliphatic carbocycles. The molecule has 88 valence electrons. The first-order valence-electron chi connectivity index (χ1n) is 5.50. The number of hydrogen-bond acceptors (Lipinski definition) is 4. The third-order valence-electron chi connectivity index (χ3n) is 3.30. The largest absolute Gasteiger partial charge is 0.361 e. The highest BCUT2D eigenvalue weighted by atomic mass is 16.5. The first-order valence-corrected chi connectivity index (χ1v) is 5.50. The van der Waals surface area contributed by atoms with Crippen LogP contribution in [0.2, 0.25) is 0 Å². The van der Waals surface area contributed by atoms with Crippen molar-refractivity contribution in [1.82, 2.24) is 10.5 Å². The summed E-state index contributed by atoms with van der Waals surface area (Å²) in [5.41, 5.74) is 5.92. The monoisotopic (exact) mass is 223 g/mol. The van der Waals surface area contributed by atoms with Crippen LogP contribution in [0.4, 0.5) is 0 Å². The molecule has 1 saturated carbocycles. The lowest BCUT2D eigenvalue weighted by Crippen LogP contribution is -2.53. The van der Waals surface area contributed by atoms with Crippen LogP contribution < -0.4 is 11.1 Å². The second-order valence-corrected chi connectivity index (χ2v) is 4.65. The summed E-state index contributed by atoms with van der Waals surface area (Å²) in [7, 11) is 0. The van der Waals surface area contributed by atoms with E-state index in [2.05, 4.69) is 10.5 Å². The van der Waals surface area contributed by atoms with Gasteiger partial charge in [-0.2, -0.15) is 0 Å². The fraction of sp³-hybridized carbons (Fsp3) is 0.636. The standard InChI is InChI=1S/C11H17N3O2/c1-7-9(5-13-16-7)10(15)14-11(2,6-12)8-3-4-8/h5,8H,3-4,6,12H2,1-2H3,(H,14,15). The number of nitrogens with one attached hydrogen (secondary N) is 1. The van der Waals surface area contributed by atoms with Crippen LogP contribution in [0.1, 0.15) is 35.9 Å². The van der Waals surface area contributed by atoms with Gasteiger partial charge in [0.25, 0.3) is 5.91 Å². The molecule has 1 amide bonds. The average molecular weight is 223 g/mol. The molecule has 16 heavy (non-hydrogen) atoms. The van der Waals surface area contributed by atoms with Gasteiger partial charge in [-0.1, -0.05) is 5.16 Å². The highest BCUT2D eigenvalue weighted by molar-refractivity contribution is 5.95. The number of aryl methyl sites for hydroxylation is 1. The zero-order chi connectivity index (χ0) is 11.8. The number of aromatic nitrogens is 1. The van der Waals surface area contributed by atoms with Crippen molar-refractivity contribution in [3.05, 3.63) is 17.5 Å². The number of carbonyl (C=O) groups excluding carboxylic acids is 1. The topological polar surface area (TPSA) is 81.2 Å². The number of carbonyl (C=O) groups is 1. The van der Waals surface area contributed by atoms with Crippen LogP contribution in [0.5, 0.6) is 0 Å². The molecule has 0 aliphatic heterocycles. The van der Waals surface area contributed by atoms with Gasteiger partial charge in [-0.05, 0) is 32.6 Å². The Kier molecular flexibility index (Phi) is 2.71. The molecular weight excluding hydrogens is 206 g/mol. The molecule has 1 fully saturated rings. The Bertz CT molecular complexity index is 398. The molecular formula is C11H17N3O2. The first kappa shape index (κ1) is 11.1. The van der Waals surface area contributed by atoms with Crippen LogP contribution in [0, 0.1) is 12.8 Å². The predicted octanol–water partition coefficient (Wildman–Crippen LogP) is 0.840. The number of rotatable bonds is 4. The summed E-state index contributed by atoms with van der Waals surface area (Å²) in [6.45, 7) is 4.16. The molecule has 5 nitrogen and oxygen atoms in total. The minimum Gasteiger partial charge on any atom is -0.361 e. The highest BCUT2D eigenvalue weighted by Gasteiger charge is 2.41. The second kappa shape index (κ2) is 3.90. The lowest BCUT2D eigenvalue weighted by Gasteiger charge is -2.29. The molecule has 2 rings (SSSR count). The number of nitrogens with zero attached hydrogens (tertiary/aromatic N) is 1. The zero-order valence-corrected chi connectivity index (χ0v) is 9.62. The fourth-order valence-electron chi connectivity index (χ4n) is 1.88. The van der Waals surface area contributed by atoms with E-state index in [-0.39, 0.29) is 11.4 Å². The third kappa shape index (κ3) is 1.95. The van der Waals surface area contributed by atoms with E-state index in [1.165, 1.54) is 6.20 Å². The second-order valence-electron chi connectivity index (χ2n) is 4.65. The van der Waals surface area contributed by atoms with E-state index < -0.39 is 0 Å². The Labute approximate surface area is 94.4 Å². The maximum absolute atomic E-state index is 12.0. The van der Waals surface area contributed by atoms with Gasteiger partial charge >= 0.3 is 0 Å². The predicted molar refractivity (Wildman–Crippen MR) is 58.9 cm³/mol. The van der Waals surface area contributed by atoms with Crippen molar-refractivity contribution in [2.75, 3.05) is 6.54 Å². The first-order chi connectivity index (χ1) is 7.57. The van der Waals surface area contributed by atoms with Crippen molar-refractivity contribution in [2.24, 2.45) is 11.7 Å². The summed E-state index contributed by atoms with van der Waals surface area (Å²) in [5.74, 6) is 0.882. The van der Waals surface area contributed by atoms with Gasteiger partial charge in [-0.15, -0.1) is 0 Å². The van der Waals surface area contributed by atoms with E-state index in [4.69, 9.17) is 10.3 Å². The Morgan fingerprint density at radius 2 is 2.44 bits per heavy atom. The number of amides is 1. The van der Waals surface area contributed by atoms with Crippen LogP contribution in [-0.4, -0.2) is 23.1 Å². The molecule has 0 bridgehead atoms. The molecule has 1 aliphatic rings. The molecule has 1 aromatic heterocycles. The van der Waals surface area contributed by atoms with Crippen molar-refractivity contribution >= 4 is 5.91 Å². The van der Waals surface area contributed by atoms with Gasteiger partial charge in [0.1, 0.15) is 11.3 Å². The summed E-state index contributed by atoms with van der Waals surface area (Å²) < 4.78 is 4.87. The van der Waals surface area contributed by atoms with Crippen LogP contribution in [0.15, 0.2) is 10.7 Å². The Balaban J connectivity index is 2.09. The van der Waals surface area contributed by atoms with Crippen molar-refractivity contribution in [3.8, 4) is 0 Å². The van der Waals surface area contributed by atoms with Gasteiger partial charge in [0, 0.05) is 6.54 Å². The van der Waals surface area contributed by atoms with Crippen LogP contribution in [0.3, 0.4) is 0 Å². The van der Waals surface area contributed by atoms with Gasteiger partial charge in [0.2, 0.25) is 0 Å². The molecule has 0 spiro atoms. The van der Waals surface area contributed by atoms with Crippen molar-refractivity contribution in [2.45, 2.75) is 32.2 Å². The van der Waals surface area contributed by atoms with Crippen molar-refractivity contribution < 1.29 is 9.32 Å². The SMILES string of the molecule is Cc1oncc1C(=O)NC(C)(CN)C1CC1. The van der Waals surface area contributed by atoms with E-state index in [9.17, 15) is 4.79 Å². The number of nitrogens with two attached hydrogens (primary N) is 1. The van der Waals surface area contributed by atoms with Gasteiger partial charge in [0.05, 0.1) is 11.7 Å². The summed E-state index contributed by atoms with van der Waals surface area (Å²) in [4.78, 5) is 12.0. The molecule has 0 saturated heterocycles. The third-order valence-corrected chi connectivity index (χ3v) is 3.30. The molecule has 1 heterocycles. The van der Waals surface area contributed by atoms with E-state index in [1.807, 2.05) is 6.92 Å². The van der Waals surface area contributed by atoms with Gasteiger partial charge in [-0.25, -0.2) is 0 Å². The number of hydrogen-bond donors (Lipinski definition) is 2. The summed E-state index contributed by atoms with van der Waals surface area (Å²) in [6, 6.07) is 0. The summed E-state index contributed by atoms with van der Waals surface area (Å²) in [6.07, 6.45) is 3.71. The van der Waals surface area contributed by atoms with Crippen LogP contribution in [0.25, 0.3) is 0 Å². The average Bonchev–Trinajstić information content (AvgIpc) is 3.02.